The Morgan fingerprint density at radius 1 is 1.22 bits per heavy atom. The Bertz CT molecular complexity index is 543. The summed E-state index contributed by atoms with van der Waals surface area (Å²) in [5.41, 5.74) is 0.512. The van der Waals surface area contributed by atoms with Crippen molar-refractivity contribution >= 4 is 17.5 Å². The standard InChI is InChI=1S/C17H26N2O4/c1-12(2)8-9-18-17(21)11-19(13(3)20)15-10-14(22-4)6-7-16(15)23-5/h6-7,10,12H,8-9,11H2,1-5H3,(H,18,21). The molecule has 0 aliphatic rings. The third kappa shape index (κ3) is 5.81. The lowest BCUT2D eigenvalue weighted by Crippen LogP contribution is -2.40. The molecule has 0 radical (unpaired) electrons. The van der Waals surface area contributed by atoms with Crippen molar-refractivity contribution in [3.8, 4) is 11.5 Å². The van der Waals surface area contributed by atoms with Crippen molar-refractivity contribution in [1.82, 2.24) is 5.32 Å². The molecule has 1 N–H and O–H groups in total. The molecule has 6 nitrogen and oxygen atoms in total. The molecule has 0 spiro atoms. The molecule has 1 aromatic rings. The van der Waals surface area contributed by atoms with Gasteiger partial charge < -0.3 is 14.8 Å². The Hall–Kier alpha value is -2.24. The van der Waals surface area contributed by atoms with Gasteiger partial charge in [0.2, 0.25) is 11.8 Å². The first-order chi connectivity index (χ1) is 10.9. The van der Waals surface area contributed by atoms with Gasteiger partial charge in [0.15, 0.2) is 0 Å². The third-order valence-electron chi connectivity index (χ3n) is 3.40. The van der Waals surface area contributed by atoms with Gasteiger partial charge in [0.25, 0.3) is 0 Å². The predicted octanol–water partition coefficient (Wildman–Crippen LogP) is 2.22. The number of ether oxygens (including phenoxy) is 2. The minimum absolute atomic E-state index is 0.0586. The molecule has 2 amide bonds. The molecular weight excluding hydrogens is 296 g/mol. The van der Waals surface area contributed by atoms with Crippen LogP contribution in [0.15, 0.2) is 18.2 Å². The SMILES string of the molecule is COc1ccc(OC)c(N(CC(=O)NCCC(C)C)C(C)=O)c1. The van der Waals surface area contributed by atoms with Crippen molar-refractivity contribution in [2.45, 2.75) is 27.2 Å². The van der Waals surface area contributed by atoms with Crippen molar-refractivity contribution in [2.75, 3.05) is 32.2 Å². The van der Waals surface area contributed by atoms with E-state index in [4.69, 9.17) is 9.47 Å². The maximum absolute atomic E-state index is 12.1. The number of carbonyl (C=O) groups excluding carboxylic acids is 2. The van der Waals surface area contributed by atoms with Gasteiger partial charge in [0.05, 0.1) is 19.9 Å². The van der Waals surface area contributed by atoms with Crippen LogP contribution >= 0.6 is 0 Å². The van der Waals surface area contributed by atoms with Crippen molar-refractivity contribution < 1.29 is 19.1 Å². The van der Waals surface area contributed by atoms with Crippen LogP contribution in [0.3, 0.4) is 0 Å². The smallest absolute Gasteiger partial charge is 0.240 e. The van der Waals surface area contributed by atoms with Crippen LogP contribution in [0.4, 0.5) is 5.69 Å². The Kier molecular flexibility index (Phi) is 7.38. The molecule has 0 aliphatic heterocycles. The average molecular weight is 322 g/mol. The van der Waals surface area contributed by atoms with E-state index in [9.17, 15) is 9.59 Å². The molecular formula is C17H26N2O4. The van der Waals surface area contributed by atoms with E-state index in [-0.39, 0.29) is 18.4 Å². The van der Waals surface area contributed by atoms with Crippen LogP contribution in [0.5, 0.6) is 11.5 Å². The summed E-state index contributed by atoms with van der Waals surface area (Å²) >= 11 is 0. The number of hydrogen-bond donors (Lipinski definition) is 1. The van der Waals surface area contributed by atoms with Crippen molar-refractivity contribution in [2.24, 2.45) is 5.92 Å². The third-order valence-corrected chi connectivity index (χ3v) is 3.40. The summed E-state index contributed by atoms with van der Waals surface area (Å²) in [5.74, 6) is 1.17. The Labute approximate surface area is 137 Å². The molecule has 0 atom stereocenters. The molecule has 23 heavy (non-hydrogen) atoms. The minimum Gasteiger partial charge on any atom is -0.497 e. The lowest BCUT2D eigenvalue weighted by molar-refractivity contribution is -0.123. The summed E-state index contributed by atoms with van der Waals surface area (Å²) in [4.78, 5) is 25.4. The Morgan fingerprint density at radius 3 is 2.43 bits per heavy atom. The van der Waals surface area contributed by atoms with Crippen molar-refractivity contribution in [3.05, 3.63) is 18.2 Å². The molecule has 0 aromatic heterocycles. The van der Waals surface area contributed by atoms with Crippen LogP contribution in [0, 0.1) is 5.92 Å². The first kappa shape index (κ1) is 18.8. The van der Waals surface area contributed by atoms with E-state index in [1.807, 2.05) is 0 Å². The molecule has 0 saturated carbocycles. The topological polar surface area (TPSA) is 67.9 Å². The highest BCUT2D eigenvalue weighted by Crippen LogP contribution is 2.32. The van der Waals surface area contributed by atoms with E-state index >= 15 is 0 Å². The second-order valence-corrected chi connectivity index (χ2v) is 5.68. The van der Waals surface area contributed by atoms with Crippen LogP contribution in [0.2, 0.25) is 0 Å². The van der Waals surface area contributed by atoms with Crippen LogP contribution < -0.4 is 19.7 Å². The van der Waals surface area contributed by atoms with Crippen molar-refractivity contribution in [1.29, 1.82) is 0 Å². The fourth-order valence-electron chi connectivity index (χ4n) is 2.07. The number of nitrogens with zero attached hydrogens (tertiary/aromatic N) is 1. The van der Waals surface area contributed by atoms with E-state index in [0.717, 1.165) is 6.42 Å². The highest BCUT2D eigenvalue weighted by atomic mass is 16.5. The van der Waals surface area contributed by atoms with Gasteiger partial charge in [-0.2, -0.15) is 0 Å². The highest BCUT2D eigenvalue weighted by Gasteiger charge is 2.20. The molecule has 0 bridgehead atoms. The van der Waals surface area contributed by atoms with Gasteiger partial charge in [0, 0.05) is 19.5 Å². The average Bonchev–Trinajstić information content (AvgIpc) is 2.51. The molecule has 1 aromatic carbocycles. The van der Waals surface area contributed by atoms with Gasteiger partial charge in [-0.25, -0.2) is 0 Å². The second-order valence-electron chi connectivity index (χ2n) is 5.68. The highest BCUT2D eigenvalue weighted by molar-refractivity contribution is 5.98. The largest absolute Gasteiger partial charge is 0.497 e. The normalized spacial score (nSPS) is 10.3. The monoisotopic (exact) mass is 322 g/mol. The number of hydrogen-bond acceptors (Lipinski definition) is 4. The van der Waals surface area contributed by atoms with Crippen molar-refractivity contribution in [3.63, 3.8) is 0 Å². The molecule has 0 saturated heterocycles. The summed E-state index contributed by atoms with van der Waals surface area (Å²) in [5, 5.41) is 2.83. The summed E-state index contributed by atoms with van der Waals surface area (Å²) in [7, 11) is 3.06. The quantitative estimate of drug-likeness (QED) is 0.797. The maximum atomic E-state index is 12.1. The zero-order chi connectivity index (χ0) is 17.4. The maximum Gasteiger partial charge on any atom is 0.240 e. The van der Waals surface area contributed by atoms with Crippen LogP contribution in [0.1, 0.15) is 27.2 Å². The first-order valence-electron chi connectivity index (χ1n) is 7.65. The molecule has 0 fully saturated rings. The number of carbonyl (C=O) groups is 2. The zero-order valence-corrected chi connectivity index (χ0v) is 14.5. The fourth-order valence-corrected chi connectivity index (χ4v) is 2.07. The summed E-state index contributed by atoms with van der Waals surface area (Å²) < 4.78 is 10.5. The van der Waals surface area contributed by atoms with E-state index < -0.39 is 0 Å². The minimum atomic E-state index is -0.240. The lowest BCUT2D eigenvalue weighted by Gasteiger charge is -2.23. The van der Waals surface area contributed by atoms with Gasteiger partial charge >= 0.3 is 0 Å². The number of benzene rings is 1. The fraction of sp³-hybridized carbons (Fsp3) is 0.529. The number of nitrogens with one attached hydrogen (secondary N) is 1. The van der Waals surface area contributed by atoms with Gasteiger partial charge in [0.1, 0.15) is 18.0 Å². The number of amides is 2. The van der Waals surface area contributed by atoms with E-state index in [2.05, 4.69) is 19.2 Å². The predicted molar refractivity (Wildman–Crippen MR) is 90.0 cm³/mol. The van der Waals surface area contributed by atoms with Gasteiger partial charge in [-0.1, -0.05) is 13.8 Å². The van der Waals surface area contributed by atoms with Gasteiger partial charge in [-0.05, 0) is 24.5 Å². The van der Waals surface area contributed by atoms with Gasteiger partial charge in [-0.15, -0.1) is 0 Å². The summed E-state index contributed by atoms with van der Waals surface area (Å²) in [6.45, 7) is 6.14. The van der Waals surface area contributed by atoms with Crippen LogP contribution in [-0.2, 0) is 9.59 Å². The number of anilines is 1. The van der Waals surface area contributed by atoms with Crippen LogP contribution in [-0.4, -0.2) is 39.1 Å². The Morgan fingerprint density at radius 2 is 1.91 bits per heavy atom. The number of rotatable bonds is 8. The van der Waals surface area contributed by atoms with Gasteiger partial charge in [-0.3, -0.25) is 14.5 Å². The van der Waals surface area contributed by atoms with E-state index in [0.29, 0.717) is 29.6 Å². The molecule has 6 heteroatoms. The van der Waals surface area contributed by atoms with Crippen LogP contribution in [0.25, 0.3) is 0 Å². The second kappa shape index (κ2) is 9.02. The molecule has 0 unspecified atom stereocenters. The summed E-state index contributed by atoms with van der Waals surface area (Å²) in [6, 6.07) is 5.13. The molecule has 128 valence electrons. The van der Waals surface area contributed by atoms with E-state index in [1.54, 1.807) is 25.3 Å². The number of methoxy groups -OCH3 is 2. The molecule has 0 heterocycles. The zero-order valence-electron chi connectivity index (χ0n) is 14.5. The molecule has 0 aliphatic carbocycles. The summed E-state index contributed by atoms with van der Waals surface area (Å²) in [6.07, 6.45) is 0.897. The lowest BCUT2D eigenvalue weighted by atomic mass is 10.1. The Balaban J connectivity index is 2.90. The first-order valence-corrected chi connectivity index (χ1v) is 7.65. The molecule has 1 rings (SSSR count). The van der Waals surface area contributed by atoms with E-state index in [1.165, 1.54) is 18.9 Å².